The van der Waals surface area contributed by atoms with Crippen LogP contribution in [-0.4, -0.2) is 31.6 Å². The third-order valence-electron chi connectivity index (χ3n) is 2.65. The van der Waals surface area contributed by atoms with Crippen LogP contribution in [0.25, 0.3) is 0 Å². The van der Waals surface area contributed by atoms with Gasteiger partial charge in [0.2, 0.25) is 5.91 Å². The molecule has 1 atom stereocenters. The van der Waals surface area contributed by atoms with E-state index in [0.717, 1.165) is 18.2 Å². The topological polar surface area (TPSA) is 29.5 Å². The quantitative estimate of drug-likeness (QED) is 0.810. The fraction of sp³-hybridized carbons (Fsp3) is 0.417. The van der Waals surface area contributed by atoms with Crippen molar-refractivity contribution >= 4 is 5.91 Å². The molecular formula is C12H15F2NO2. The molecule has 1 amide bonds. The lowest BCUT2D eigenvalue weighted by molar-refractivity contribution is -0.135. The number of carbonyl (C=O) groups is 1. The van der Waals surface area contributed by atoms with Gasteiger partial charge in [0.15, 0.2) is 0 Å². The van der Waals surface area contributed by atoms with E-state index in [2.05, 4.69) is 0 Å². The van der Waals surface area contributed by atoms with E-state index in [9.17, 15) is 13.6 Å². The summed E-state index contributed by atoms with van der Waals surface area (Å²) in [5.41, 5.74) is 0.150. The Kier molecular flexibility index (Phi) is 4.57. The molecule has 1 aromatic rings. The molecule has 17 heavy (non-hydrogen) atoms. The second kappa shape index (κ2) is 5.72. The predicted molar refractivity (Wildman–Crippen MR) is 59.4 cm³/mol. The highest BCUT2D eigenvalue weighted by molar-refractivity contribution is 5.77. The van der Waals surface area contributed by atoms with Crippen molar-refractivity contribution in [3.63, 3.8) is 0 Å². The minimum atomic E-state index is -0.548. The molecule has 1 rings (SSSR count). The molecule has 0 radical (unpaired) electrons. The van der Waals surface area contributed by atoms with E-state index in [1.165, 1.54) is 19.1 Å². The molecule has 0 N–H and O–H groups in total. The summed E-state index contributed by atoms with van der Waals surface area (Å²) < 4.78 is 31.2. The van der Waals surface area contributed by atoms with Crippen molar-refractivity contribution in [2.75, 3.05) is 20.8 Å². The van der Waals surface area contributed by atoms with Crippen LogP contribution in [0.2, 0.25) is 0 Å². The molecule has 1 unspecified atom stereocenters. The minimum Gasteiger partial charge on any atom is -0.375 e. The van der Waals surface area contributed by atoms with Crippen LogP contribution in [0.1, 0.15) is 18.5 Å². The van der Waals surface area contributed by atoms with Crippen LogP contribution < -0.4 is 0 Å². The van der Waals surface area contributed by atoms with Gasteiger partial charge in [-0.2, -0.15) is 0 Å². The number of methoxy groups -OCH3 is 1. The fourth-order valence-electron chi connectivity index (χ4n) is 1.48. The number of likely N-dealkylation sites (N-methyl/N-ethyl adjacent to an activating group) is 1. The highest BCUT2D eigenvalue weighted by atomic mass is 19.1. The summed E-state index contributed by atoms with van der Waals surface area (Å²) in [6.07, 6.45) is 0. The van der Waals surface area contributed by atoms with Gasteiger partial charge in [-0.15, -0.1) is 0 Å². The highest BCUT2D eigenvalue weighted by Gasteiger charge is 2.20. The Bertz CT molecular complexity index is 409. The zero-order valence-electron chi connectivity index (χ0n) is 10.0. The summed E-state index contributed by atoms with van der Waals surface area (Å²) in [6, 6.07) is 2.64. The Hall–Kier alpha value is -1.49. The van der Waals surface area contributed by atoms with E-state index in [0.29, 0.717) is 0 Å². The van der Waals surface area contributed by atoms with Crippen LogP contribution in [0.15, 0.2) is 18.2 Å². The molecule has 0 saturated heterocycles. The van der Waals surface area contributed by atoms with Crippen molar-refractivity contribution in [2.24, 2.45) is 0 Å². The van der Waals surface area contributed by atoms with E-state index >= 15 is 0 Å². The van der Waals surface area contributed by atoms with Crippen molar-refractivity contribution in [3.05, 3.63) is 35.4 Å². The van der Waals surface area contributed by atoms with E-state index in [1.54, 1.807) is 6.92 Å². The first kappa shape index (κ1) is 13.6. The molecule has 0 aromatic heterocycles. The first-order chi connectivity index (χ1) is 7.97. The van der Waals surface area contributed by atoms with Crippen LogP contribution in [0, 0.1) is 11.6 Å². The lowest BCUT2D eigenvalue weighted by Gasteiger charge is -2.25. The second-order valence-corrected chi connectivity index (χ2v) is 3.78. The number of ether oxygens (including phenoxy) is 1. The van der Waals surface area contributed by atoms with Gasteiger partial charge in [0, 0.05) is 19.7 Å². The normalized spacial score (nSPS) is 12.3. The Morgan fingerprint density at radius 1 is 1.47 bits per heavy atom. The molecule has 0 aliphatic carbocycles. The van der Waals surface area contributed by atoms with Gasteiger partial charge in [-0.05, 0) is 25.1 Å². The van der Waals surface area contributed by atoms with Crippen LogP contribution in [-0.2, 0) is 9.53 Å². The second-order valence-electron chi connectivity index (χ2n) is 3.78. The highest BCUT2D eigenvalue weighted by Crippen LogP contribution is 2.22. The fourth-order valence-corrected chi connectivity index (χ4v) is 1.48. The van der Waals surface area contributed by atoms with Crippen LogP contribution in [0.5, 0.6) is 0 Å². The average molecular weight is 243 g/mol. The number of rotatable bonds is 4. The van der Waals surface area contributed by atoms with Crippen molar-refractivity contribution in [1.82, 2.24) is 4.90 Å². The summed E-state index contributed by atoms with van der Waals surface area (Å²) in [7, 11) is 2.93. The van der Waals surface area contributed by atoms with Crippen LogP contribution >= 0.6 is 0 Å². The van der Waals surface area contributed by atoms with Gasteiger partial charge in [-0.3, -0.25) is 4.79 Å². The van der Waals surface area contributed by atoms with Crippen molar-refractivity contribution < 1.29 is 18.3 Å². The molecular weight excluding hydrogens is 228 g/mol. The molecule has 94 valence electrons. The van der Waals surface area contributed by atoms with Crippen molar-refractivity contribution in [3.8, 4) is 0 Å². The molecule has 0 heterocycles. The summed E-state index contributed by atoms with van der Waals surface area (Å²) in [5, 5.41) is 0. The Morgan fingerprint density at radius 2 is 2.12 bits per heavy atom. The minimum absolute atomic E-state index is 0.0855. The molecule has 0 spiro atoms. The lowest BCUT2D eigenvalue weighted by Crippen LogP contribution is -2.32. The Labute approximate surface area is 99.0 Å². The van der Waals surface area contributed by atoms with Gasteiger partial charge in [-0.1, -0.05) is 0 Å². The molecule has 0 saturated carbocycles. The summed E-state index contributed by atoms with van der Waals surface area (Å²) in [6.45, 7) is 1.54. The molecule has 5 heteroatoms. The van der Waals surface area contributed by atoms with E-state index in [-0.39, 0.29) is 18.1 Å². The third kappa shape index (κ3) is 3.23. The largest absolute Gasteiger partial charge is 0.375 e. The smallest absolute Gasteiger partial charge is 0.248 e. The van der Waals surface area contributed by atoms with E-state index < -0.39 is 17.7 Å². The average Bonchev–Trinajstić information content (AvgIpc) is 2.30. The third-order valence-corrected chi connectivity index (χ3v) is 2.65. The van der Waals surface area contributed by atoms with Gasteiger partial charge in [0.25, 0.3) is 0 Å². The van der Waals surface area contributed by atoms with Gasteiger partial charge >= 0.3 is 0 Å². The van der Waals surface area contributed by atoms with Gasteiger partial charge < -0.3 is 9.64 Å². The number of halogens is 2. The molecule has 0 fully saturated rings. The maximum Gasteiger partial charge on any atom is 0.248 e. The maximum absolute atomic E-state index is 13.5. The summed E-state index contributed by atoms with van der Waals surface area (Å²) in [4.78, 5) is 12.9. The zero-order chi connectivity index (χ0) is 13.0. The number of nitrogens with zero attached hydrogens (tertiary/aromatic N) is 1. The van der Waals surface area contributed by atoms with Crippen LogP contribution in [0.4, 0.5) is 8.78 Å². The molecule has 0 bridgehead atoms. The Morgan fingerprint density at radius 3 is 2.71 bits per heavy atom. The Balaban J connectivity index is 2.91. The van der Waals surface area contributed by atoms with Gasteiger partial charge in [-0.25, -0.2) is 8.78 Å². The van der Waals surface area contributed by atoms with Crippen molar-refractivity contribution in [2.45, 2.75) is 13.0 Å². The summed E-state index contributed by atoms with van der Waals surface area (Å²) in [5.74, 6) is -1.35. The molecule has 0 aliphatic rings. The SMILES string of the molecule is COCC(=O)N(C)C(C)c1cc(F)ccc1F. The lowest BCUT2D eigenvalue weighted by atomic mass is 10.1. The maximum atomic E-state index is 13.5. The number of benzene rings is 1. The molecule has 3 nitrogen and oxygen atoms in total. The first-order valence-corrected chi connectivity index (χ1v) is 5.17. The zero-order valence-corrected chi connectivity index (χ0v) is 10.0. The van der Waals surface area contributed by atoms with E-state index in [1.807, 2.05) is 0 Å². The number of hydrogen-bond donors (Lipinski definition) is 0. The number of carbonyl (C=O) groups excluding carboxylic acids is 1. The monoisotopic (exact) mass is 243 g/mol. The number of amides is 1. The van der Waals surface area contributed by atoms with Gasteiger partial charge in [0.05, 0.1) is 6.04 Å². The molecule has 0 aliphatic heterocycles. The van der Waals surface area contributed by atoms with Gasteiger partial charge in [0.1, 0.15) is 18.2 Å². The van der Waals surface area contributed by atoms with Crippen LogP contribution in [0.3, 0.4) is 0 Å². The number of hydrogen-bond acceptors (Lipinski definition) is 2. The first-order valence-electron chi connectivity index (χ1n) is 5.17. The summed E-state index contributed by atoms with van der Waals surface area (Å²) >= 11 is 0. The molecule has 1 aromatic carbocycles. The standard InChI is InChI=1S/C12H15F2NO2/c1-8(15(2)12(16)7-17-3)10-6-9(13)4-5-11(10)14/h4-6,8H,7H2,1-3H3. The van der Waals surface area contributed by atoms with E-state index in [4.69, 9.17) is 4.74 Å². The predicted octanol–water partition coefficient (Wildman–Crippen LogP) is 2.13. The van der Waals surface area contributed by atoms with Crippen molar-refractivity contribution in [1.29, 1.82) is 0 Å².